The van der Waals surface area contributed by atoms with Crippen molar-refractivity contribution in [3.05, 3.63) is 78.2 Å². The fourth-order valence-corrected chi connectivity index (χ4v) is 3.11. The molecular weight excluding hydrogens is 343 g/mol. The fraction of sp³-hybridized carbons (Fsp3) is 0.0952. The van der Waals surface area contributed by atoms with Gasteiger partial charge < -0.3 is 9.14 Å². The van der Waals surface area contributed by atoms with Crippen LogP contribution in [0.5, 0.6) is 5.75 Å². The third-order valence-electron chi connectivity index (χ3n) is 4.40. The Hall–Kier alpha value is -3.54. The number of aryl methyl sites for hydroxylation is 1. The van der Waals surface area contributed by atoms with Gasteiger partial charge in [-0.2, -0.15) is 0 Å². The molecule has 0 spiro atoms. The average Bonchev–Trinajstić information content (AvgIpc) is 2.67. The highest BCUT2D eigenvalue weighted by molar-refractivity contribution is 5.81. The van der Waals surface area contributed by atoms with Crippen LogP contribution in [0.25, 0.3) is 22.4 Å². The number of ether oxygens (including phenoxy) is 1. The number of halogens is 1. The summed E-state index contributed by atoms with van der Waals surface area (Å²) in [4.78, 5) is 13.5. The first-order valence-corrected chi connectivity index (χ1v) is 8.39. The first-order valence-electron chi connectivity index (χ1n) is 8.39. The Morgan fingerprint density at radius 2 is 2.07 bits per heavy atom. The zero-order chi connectivity index (χ0) is 19.0. The smallest absolute Gasteiger partial charge is 0.181 e. The fourth-order valence-electron chi connectivity index (χ4n) is 3.11. The van der Waals surface area contributed by atoms with Crippen LogP contribution in [0.1, 0.15) is 11.3 Å². The van der Waals surface area contributed by atoms with Gasteiger partial charge in [0.15, 0.2) is 16.9 Å². The van der Waals surface area contributed by atoms with Crippen molar-refractivity contribution in [1.82, 2.24) is 14.4 Å². The Bertz CT molecular complexity index is 1260. The molecule has 0 aliphatic rings. The predicted octanol–water partition coefficient (Wildman–Crippen LogP) is 4.37. The summed E-state index contributed by atoms with van der Waals surface area (Å²) >= 11 is 0. The second-order valence-corrected chi connectivity index (χ2v) is 6.06. The monoisotopic (exact) mass is 360 g/mol. The highest BCUT2D eigenvalue weighted by atomic mass is 19.1. The van der Waals surface area contributed by atoms with E-state index in [1.165, 1.54) is 0 Å². The summed E-state index contributed by atoms with van der Waals surface area (Å²) in [6, 6.07) is 13.0. The minimum absolute atomic E-state index is 0.257. The molecule has 134 valence electrons. The maximum Gasteiger partial charge on any atom is 0.181 e. The molecule has 27 heavy (non-hydrogen) atoms. The summed E-state index contributed by atoms with van der Waals surface area (Å²) in [5.41, 5.74) is 3.26. The van der Waals surface area contributed by atoms with Crippen LogP contribution in [-0.4, -0.2) is 21.5 Å². The van der Waals surface area contributed by atoms with Crippen LogP contribution in [0.2, 0.25) is 0 Å². The van der Waals surface area contributed by atoms with Crippen LogP contribution in [0.15, 0.2) is 66.4 Å². The van der Waals surface area contributed by atoms with Crippen LogP contribution in [0, 0.1) is 6.92 Å². The molecule has 0 saturated heterocycles. The lowest BCUT2D eigenvalue weighted by atomic mass is 10.2. The first kappa shape index (κ1) is 16.9. The molecule has 3 aromatic heterocycles. The molecule has 4 aromatic rings. The number of aromatic nitrogens is 3. The van der Waals surface area contributed by atoms with E-state index in [1.54, 1.807) is 36.9 Å². The molecule has 0 aliphatic heterocycles. The predicted molar refractivity (Wildman–Crippen MR) is 104 cm³/mol. The van der Waals surface area contributed by atoms with Crippen molar-refractivity contribution in [2.75, 3.05) is 7.11 Å². The van der Waals surface area contributed by atoms with Crippen LogP contribution in [0.4, 0.5) is 10.1 Å². The second kappa shape index (κ2) is 6.64. The standard InChI is InChI=1S/C21H17FN4O/c1-13(22)19-14(2)26-11-5-7-18(27-3)21(26)25-20(19)24-16-8-9-17-15(12-16)6-4-10-23-17/h4-12H,1H2,2-3H3. The number of rotatable bonds is 3. The molecule has 0 amide bonds. The van der Waals surface area contributed by atoms with Gasteiger partial charge in [-0.1, -0.05) is 12.6 Å². The quantitative estimate of drug-likeness (QED) is 0.545. The van der Waals surface area contributed by atoms with Gasteiger partial charge in [-0.15, -0.1) is 0 Å². The van der Waals surface area contributed by atoms with E-state index in [0.29, 0.717) is 22.8 Å². The molecular formula is C21H17FN4O. The van der Waals surface area contributed by atoms with Gasteiger partial charge in [-0.25, -0.2) is 14.4 Å². The second-order valence-electron chi connectivity index (χ2n) is 6.06. The largest absolute Gasteiger partial charge is 0.493 e. The average molecular weight is 360 g/mol. The number of benzene rings is 1. The van der Waals surface area contributed by atoms with Gasteiger partial charge in [0.25, 0.3) is 0 Å². The Morgan fingerprint density at radius 1 is 1.22 bits per heavy atom. The molecule has 3 heterocycles. The van der Waals surface area contributed by atoms with Crippen LogP contribution < -0.4 is 10.2 Å². The van der Waals surface area contributed by atoms with E-state index in [9.17, 15) is 4.39 Å². The van der Waals surface area contributed by atoms with E-state index in [0.717, 1.165) is 10.9 Å². The Kier molecular flexibility index (Phi) is 4.16. The van der Waals surface area contributed by atoms with Gasteiger partial charge in [0.2, 0.25) is 0 Å². The van der Waals surface area contributed by atoms with Crippen LogP contribution in [0.3, 0.4) is 0 Å². The number of hydrogen-bond donors (Lipinski definition) is 0. The van der Waals surface area contributed by atoms with E-state index < -0.39 is 5.83 Å². The van der Waals surface area contributed by atoms with E-state index in [-0.39, 0.29) is 11.1 Å². The Labute approximate surface area is 155 Å². The van der Waals surface area contributed by atoms with Gasteiger partial charge in [0, 0.05) is 23.5 Å². The van der Waals surface area contributed by atoms with Crippen molar-refractivity contribution in [1.29, 1.82) is 0 Å². The summed E-state index contributed by atoms with van der Waals surface area (Å²) in [6.45, 7) is 5.27. The summed E-state index contributed by atoms with van der Waals surface area (Å²) in [6.07, 6.45) is 3.54. The summed E-state index contributed by atoms with van der Waals surface area (Å²) in [5, 5.41) is 0.948. The minimum Gasteiger partial charge on any atom is -0.493 e. The van der Waals surface area contributed by atoms with Crippen molar-refractivity contribution in [3.63, 3.8) is 0 Å². The molecule has 0 N–H and O–H groups in total. The number of hydrogen-bond acceptors (Lipinski definition) is 4. The van der Waals surface area contributed by atoms with Crippen molar-refractivity contribution < 1.29 is 9.13 Å². The summed E-state index contributed by atoms with van der Waals surface area (Å²) in [7, 11) is 1.57. The normalized spacial score (nSPS) is 11.9. The number of nitrogens with zero attached hydrogens (tertiary/aromatic N) is 4. The molecule has 0 bridgehead atoms. The number of pyridine rings is 2. The minimum atomic E-state index is -0.585. The molecule has 5 nitrogen and oxygen atoms in total. The van der Waals surface area contributed by atoms with Crippen molar-refractivity contribution in [2.45, 2.75) is 6.92 Å². The maximum atomic E-state index is 14.3. The van der Waals surface area contributed by atoms with E-state index in [2.05, 4.69) is 21.5 Å². The van der Waals surface area contributed by atoms with Gasteiger partial charge >= 0.3 is 0 Å². The highest BCUT2D eigenvalue weighted by Crippen LogP contribution is 2.23. The van der Waals surface area contributed by atoms with E-state index in [1.807, 2.05) is 36.4 Å². The van der Waals surface area contributed by atoms with Crippen molar-refractivity contribution in [3.8, 4) is 5.75 Å². The first-order chi connectivity index (χ1) is 13.1. The molecule has 0 atom stereocenters. The van der Waals surface area contributed by atoms with Crippen LogP contribution in [-0.2, 0) is 0 Å². The third-order valence-corrected chi connectivity index (χ3v) is 4.40. The molecule has 6 heteroatoms. The van der Waals surface area contributed by atoms with Gasteiger partial charge in [-0.3, -0.25) is 4.98 Å². The zero-order valence-electron chi connectivity index (χ0n) is 15.0. The lowest BCUT2D eigenvalue weighted by molar-refractivity contribution is 0.416. The van der Waals surface area contributed by atoms with Crippen LogP contribution >= 0.6 is 0 Å². The molecule has 0 aliphatic carbocycles. The SMILES string of the molecule is C=C(F)c1c(C)n2cccc(OC)c2nc1=Nc1ccc2ncccc2c1. The van der Waals surface area contributed by atoms with E-state index >= 15 is 0 Å². The Morgan fingerprint density at radius 3 is 2.85 bits per heavy atom. The molecule has 4 rings (SSSR count). The summed E-state index contributed by atoms with van der Waals surface area (Å²) in [5.74, 6) is -0.00536. The van der Waals surface area contributed by atoms with Gasteiger partial charge in [0.05, 0.1) is 23.9 Å². The highest BCUT2D eigenvalue weighted by Gasteiger charge is 2.14. The molecule has 0 radical (unpaired) electrons. The lowest BCUT2D eigenvalue weighted by Gasteiger charge is -2.12. The third kappa shape index (κ3) is 2.95. The summed E-state index contributed by atoms with van der Waals surface area (Å²) < 4.78 is 21.4. The van der Waals surface area contributed by atoms with Gasteiger partial charge in [-0.05, 0) is 43.3 Å². The molecule has 1 aromatic carbocycles. The topological polar surface area (TPSA) is 51.8 Å². The molecule has 0 unspecified atom stereocenters. The van der Waals surface area contributed by atoms with Crippen molar-refractivity contribution >= 4 is 28.1 Å². The molecule has 0 fully saturated rings. The zero-order valence-corrected chi connectivity index (χ0v) is 15.0. The van der Waals surface area contributed by atoms with E-state index in [4.69, 9.17) is 4.74 Å². The lowest BCUT2D eigenvalue weighted by Crippen LogP contribution is -2.19. The Balaban J connectivity index is 2.05. The van der Waals surface area contributed by atoms with Crippen molar-refractivity contribution in [2.24, 2.45) is 4.99 Å². The number of fused-ring (bicyclic) bond motifs is 2. The maximum absolute atomic E-state index is 14.3. The molecule has 0 saturated carbocycles. The number of methoxy groups -OCH3 is 1. The van der Waals surface area contributed by atoms with Gasteiger partial charge in [0.1, 0.15) is 5.83 Å².